The second-order valence-electron chi connectivity index (χ2n) is 6.70. The molecule has 0 spiro atoms. The van der Waals surface area contributed by atoms with Crippen LogP contribution >= 0.6 is 0 Å². The monoisotopic (exact) mass is 301 g/mol. The van der Waals surface area contributed by atoms with Gasteiger partial charge in [0.25, 0.3) is 0 Å². The molecule has 2 fully saturated rings. The number of hydrogen-bond acceptors (Lipinski definition) is 5. The Labute approximate surface area is 130 Å². The maximum atomic E-state index is 5.43. The summed E-state index contributed by atoms with van der Waals surface area (Å²) in [5.41, 5.74) is 2.33. The van der Waals surface area contributed by atoms with Gasteiger partial charge < -0.3 is 4.52 Å². The molecule has 6 nitrogen and oxygen atoms in total. The molecule has 0 bridgehead atoms. The highest BCUT2D eigenvalue weighted by atomic mass is 16.5. The molecule has 0 aromatic carbocycles. The second-order valence-corrected chi connectivity index (χ2v) is 6.70. The Morgan fingerprint density at radius 2 is 2.14 bits per heavy atom. The Morgan fingerprint density at radius 3 is 2.86 bits per heavy atom. The van der Waals surface area contributed by atoms with Gasteiger partial charge in [-0.2, -0.15) is 10.1 Å². The lowest BCUT2D eigenvalue weighted by molar-refractivity contribution is 0.191. The van der Waals surface area contributed by atoms with Crippen molar-refractivity contribution in [1.29, 1.82) is 0 Å². The van der Waals surface area contributed by atoms with Crippen LogP contribution in [0.25, 0.3) is 0 Å². The Hall–Kier alpha value is -1.69. The van der Waals surface area contributed by atoms with Gasteiger partial charge in [0.05, 0.1) is 18.8 Å². The van der Waals surface area contributed by atoms with Crippen molar-refractivity contribution in [2.24, 2.45) is 0 Å². The summed E-state index contributed by atoms with van der Waals surface area (Å²) in [4.78, 5) is 7.02. The van der Waals surface area contributed by atoms with E-state index in [-0.39, 0.29) is 0 Å². The van der Waals surface area contributed by atoms with Crippen molar-refractivity contribution < 1.29 is 4.52 Å². The molecule has 3 heterocycles. The number of hydrogen-bond donors (Lipinski definition) is 0. The molecule has 1 atom stereocenters. The first kappa shape index (κ1) is 13.9. The van der Waals surface area contributed by atoms with E-state index in [4.69, 9.17) is 4.52 Å². The van der Waals surface area contributed by atoms with Crippen LogP contribution in [0.15, 0.2) is 10.6 Å². The minimum absolute atomic E-state index is 0.509. The zero-order chi connectivity index (χ0) is 15.1. The zero-order valence-electron chi connectivity index (χ0n) is 13.3. The summed E-state index contributed by atoms with van der Waals surface area (Å²) in [6, 6.07) is 2.65. The summed E-state index contributed by atoms with van der Waals surface area (Å²) in [5, 5.41) is 8.71. The third-order valence-electron chi connectivity index (χ3n) is 4.75. The fourth-order valence-electron chi connectivity index (χ4n) is 3.38. The topological polar surface area (TPSA) is 60.0 Å². The fourth-order valence-corrected chi connectivity index (χ4v) is 3.38. The molecule has 1 saturated carbocycles. The minimum atomic E-state index is 0.509. The predicted molar refractivity (Wildman–Crippen MR) is 81.4 cm³/mol. The fraction of sp³-hybridized carbons (Fsp3) is 0.688. The van der Waals surface area contributed by atoms with Crippen LogP contribution in [0.2, 0.25) is 0 Å². The largest absolute Gasteiger partial charge is 0.338 e. The van der Waals surface area contributed by atoms with Crippen LogP contribution in [0, 0.1) is 13.8 Å². The highest BCUT2D eigenvalue weighted by Gasteiger charge is 2.31. The summed E-state index contributed by atoms with van der Waals surface area (Å²) in [6.07, 6.45) is 4.86. The maximum absolute atomic E-state index is 5.43. The molecule has 0 N–H and O–H groups in total. The van der Waals surface area contributed by atoms with Crippen LogP contribution in [0.4, 0.5) is 0 Å². The van der Waals surface area contributed by atoms with Gasteiger partial charge in [-0.05, 0) is 52.1 Å². The molecule has 0 amide bonds. The summed E-state index contributed by atoms with van der Waals surface area (Å²) in [5.74, 6) is 2.23. The molecule has 1 aliphatic heterocycles. The highest BCUT2D eigenvalue weighted by Crippen LogP contribution is 2.38. The molecule has 22 heavy (non-hydrogen) atoms. The first-order chi connectivity index (χ1) is 10.7. The lowest BCUT2D eigenvalue weighted by Crippen LogP contribution is -2.33. The SMILES string of the molecule is Cc1cc(C)n(CC2CCCN2Cc2nc(C3CC3)no2)n1. The Bertz CT molecular complexity index is 657. The minimum Gasteiger partial charge on any atom is -0.338 e. The average molecular weight is 301 g/mol. The van der Waals surface area contributed by atoms with Gasteiger partial charge in [0, 0.05) is 17.7 Å². The van der Waals surface area contributed by atoms with E-state index < -0.39 is 0 Å². The second kappa shape index (κ2) is 5.50. The lowest BCUT2D eigenvalue weighted by atomic mass is 10.2. The van der Waals surface area contributed by atoms with E-state index in [9.17, 15) is 0 Å². The summed E-state index contributed by atoms with van der Waals surface area (Å²) in [6.45, 7) is 6.99. The van der Waals surface area contributed by atoms with Crippen LogP contribution in [-0.2, 0) is 13.1 Å². The third-order valence-corrected chi connectivity index (χ3v) is 4.75. The number of aryl methyl sites for hydroxylation is 2. The molecule has 1 unspecified atom stereocenters. The van der Waals surface area contributed by atoms with Gasteiger partial charge in [-0.25, -0.2) is 0 Å². The summed E-state index contributed by atoms with van der Waals surface area (Å²) < 4.78 is 7.56. The molecular weight excluding hydrogens is 278 g/mol. The molecule has 0 radical (unpaired) electrons. The Kier molecular flexibility index (Phi) is 3.48. The van der Waals surface area contributed by atoms with Crippen molar-refractivity contribution in [3.8, 4) is 0 Å². The summed E-state index contributed by atoms with van der Waals surface area (Å²) >= 11 is 0. The molecular formula is C16H23N5O. The van der Waals surface area contributed by atoms with Gasteiger partial charge in [-0.15, -0.1) is 0 Å². The average Bonchev–Trinajstić information content (AvgIpc) is 2.93. The van der Waals surface area contributed by atoms with E-state index in [1.807, 2.05) is 6.92 Å². The smallest absolute Gasteiger partial charge is 0.240 e. The van der Waals surface area contributed by atoms with Crippen molar-refractivity contribution in [1.82, 2.24) is 24.8 Å². The number of rotatable bonds is 5. The van der Waals surface area contributed by atoms with Gasteiger partial charge >= 0.3 is 0 Å². The van der Waals surface area contributed by atoms with Crippen LogP contribution in [0.1, 0.15) is 54.7 Å². The molecule has 1 aliphatic carbocycles. The lowest BCUT2D eigenvalue weighted by Gasteiger charge is -2.23. The molecule has 118 valence electrons. The number of likely N-dealkylation sites (tertiary alicyclic amines) is 1. The Morgan fingerprint density at radius 1 is 1.27 bits per heavy atom. The van der Waals surface area contributed by atoms with Gasteiger partial charge in [0.15, 0.2) is 5.82 Å². The normalized spacial score (nSPS) is 22.5. The van der Waals surface area contributed by atoms with Crippen LogP contribution in [0.5, 0.6) is 0 Å². The standard InChI is InChI=1S/C16H23N5O/c1-11-8-12(2)21(18-11)9-14-4-3-7-20(14)10-15-17-16(19-22-15)13-5-6-13/h8,13-14H,3-7,9-10H2,1-2H3. The molecule has 6 heteroatoms. The highest BCUT2D eigenvalue weighted by molar-refractivity contribution is 5.07. The van der Waals surface area contributed by atoms with Gasteiger partial charge in [0.2, 0.25) is 5.89 Å². The first-order valence-electron chi connectivity index (χ1n) is 8.26. The van der Waals surface area contributed by atoms with Gasteiger partial charge in [0.1, 0.15) is 0 Å². The quantitative estimate of drug-likeness (QED) is 0.849. The van der Waals surface area contributed by atoms with E-state index >= 15 is 0 Å². The van der Waals surface area contributed by atoms with Crippen LogP contribution in [0.3, 0.4) is 0 Å². The zero-order valence-corrected chi connectivity index (χ0v) is 13.3. The first-order valence-corrected chi connectivity index (χ1v) is 8.26. The van der Waals surface area contributed by atoms with Crippen LogP contribution < -0.4 is 0 Å². The van der Waals surface area contributed by atoms with Gasteiger partial charge in [-0.3, -0.25) is 9.58 Å². The molecule has 2 aliphatic rings. The van der Waals surface area contributed by atoms with E-state index in [2.05, 4.69) is 37.8 Å². The third kappa shape index (κ3) is 2.79. The van der Waals surface area contributed by atoms with E-state index in [1.54, 1.807) is 0 Å². The number of nitrogens with zero attached hydrogens (tertiary/aromatic N) is 5. The van der Waals surface area contributed by atoms with Crippen LogP contribution in [-0.4, -0.2) is 37.4 Å². The van der Waals surface area contributed by atoms with E-state index in [1.165, 1.54) is 31.4 Å². The Balaban J connectivity index is 1.42. The maximum Gasteiger partial charge on any atom is 0.240 e. The van der Waals surface area contributed by atoms with E-state index in [0.29, 0.717) is 12.0 Å². The molecule has 2 aromatic rings. The predicted octanol–water partition coefficient (Wildman–Crippen LogP) is 2.42. The van der Waals surface area contributed by atoms with Gasteiger partial charge in [-0.1, -0.05) is 5.16 Å². The van der Waals surface area contributed by atoms with Crippen molar-refractivity contribution >= 4 is 0 Å². The molecule has 2 aromatic heterocycles. The van der Waals surface area contributed by atoms with Crippen molar-refractivity contribution in [3.05, 3.63) is 29.2 Å². The van der Waals surface area contributed by atoms with Crippen molar-refractivity contribution in [2.75, 3.05) is 6.54 Å². The summed E-state index contributed by atoms with van der Waals surface area (Å²) in [7, 11) is 0. The van der Waals surface area contributed by atoms with E-state index in [0.717, 1.165) is 37.0 Å². The molecule has 4 rings (SSSR count). The van der Waals surface area contributed by atoms with Crippen molar-refractivity contribution in [3.63, 3.8) is 0 Å². The van der Waals surface area contributed by atoms with Crippen molar-refractivity contribution in [2.45, 2.75) is 64.6 Å². The molecule has 1 saturated heterocycles. The number of aromatic nitrogens is 4.